The molecule has 2 aromatic rings. The summed E-state index contributed by atoms with van der Waals surface area (Å²) in [5, 5.41) is 2.76. The second-order valence-corrected chi connectivity index (χ2v) is 4.99. The first kappa shape index (κ1) is 15.0. The second kappa shape index (κ2) is 6.85. The van der Waals surface area contributed by atoms with E-state index in [0.29, 0.717) is 13.1 Å². The third-order valence-electron chi connectivity index (χ3n) is 3.16. The van der Waals surface area contributed by atoms with Crippen molar-refractivity contribution in [2.45, 2.75) is 26.1 Å². The third-order valence-corrected chi connectivity index (χ3v) is 3.16. The molecule has 1 aromatic heterocycles. The first-order valence-corrected chi connectivity index (χ1v) is 6.83. The Morgan fingerprint density at radius 2 is 1.86 bits per heavy atom. The fraction of sp³-hybridized carbons (Fsp3) is 0.250. The van der Waals surface area contributed by atoms with Gasteiger partial charge in [-0.2, -0.15) is 0 Å². The maximum Gasteiger partial charge on any atom is 0.250 e. The van der Waals surface area contributed by atoms with Crippen LogP contribution in [0.15, 0.2) is 53.5 Å². The predicted molar refractivity (Wildman–Crippen MR) is 81.7 cm³/mol. The highest BCUT2D eigenvalue weighted by Gasteiger charge is 2.06. The van der Waals surface area contributed by atoms with E-state index in [1.807, 2.05) is 30.3 Å². The van der Waals surface area contributed by atoms with E-state index in [9.17, 15) is 9.59 Å². The first-order chi connectivity index (χ1) is 10.1. The van der Waals surface area contributed by atoms with Gasteiger partial charge in [0.1, 0.15) is 0 Å². The lowest BCUT2D eigenvalue weighted by Gasteiger charge is -2.09. The van der Waals surface area contributed by atoms with Gasteiger partial charge in [0.15, 0.2) is 0 Å². The Labute approximate surface area is 123 Å². The van der Waals surface area contributed by atoms with Crippen molar-refractivity contribution in [3.05, 3.63) is 70.1 Å². The van der Waals surface area contributed by atoms with Crippen molar-refractivity contribution in [1.29, 1.82) is 0 Å². The van der Waals surface area contributed by atoms with E-state index < -0.39 is 6.04 Å². The quantitative estimate of drug-likeness (QED) is 0.855. The number of benzene rings is 1. The molecule has 110 valence electrons. The zero-order valence-corrected chi connectivity index (χ0v) is 12.0. The molecule has 1 heterocycles. The van der Waals surface area contributed by atoms with Crippen LogP contribution in [0, 0.1) is 0 Å². The highest BCUT2D eigenvalue weighted by atomic mass is 16.2. The van der Waals surface area contributed by atoms with Crippen molar-refractivity contribution in [3.63, 3.8) is 0 Å². The fourth-order valence-corrected chi connectivity index (χ4v) is 1.90. The Balaban J connectivity index is 1.98. The molecule has 0 radical (unpaired) electrons. The van der Waals surface area contributed by atoms with Crippen molar-refractivity contribution in [3.8, 4) is 0 Å². The predicted octanol–water partition coefficient (Wildman–Crippen LogP) is 0.860. The molecular formula is C16H19N3O2. The normalized spacial score (nSPS) is 11.9. The monoisotopic (exact) mass is 285 g/mol. The molecule has 3 N–H and O–H groups in total. The van der Waals surface area contributed by atoms with Crippen molar-refractivity contribution in [1.82, 2.24) is 9.88 Å². The van der Waals surface area contributed by atoms with Crippen LogP contribution in [0.4, 0.5) is 0 Å². The highest BCUT2D eigenvalue weighted by molar-refractivity contribution is 5.80. The summed E-state index contributed by atoms with van der Waals surface area (Å²) in [6.45, 7) is 2.63. The molecule has 5 nitrogen and oxygen atoms in total. The summed E-state index contributed by atoms with van der Waals surface area (Å²) in [4.78, 5) is 23.0. The number of nitrogens with two attached hydrogens (primary N) is 1. The van der Waals surface area contributed by atoms with Crippen LogP contribution in [0.25, 0.3) is 0 Å². The van der Waals surface area contributed by atoms with Gasteiger partial charge in [0.25, 0.3) is 5.56 Å². The van der Waals surface area contributed by atoms with Gasteiger partial charge in [-0.3, -0.25) is 9.59 Å². The number of hydrogen-bond acceptors (Lipinski definition) is 3. The molecule has 21 heavy (non-hydrogen) atoms. The average Bonchev–Trinajstić information content (AvgIpc) is 2.48. The standard InChI is InChI=1S/C16H19N3O2/c1-12(17)16(21)18-10-13-5-7-14(8-6-13)11-19-9-3-2-4-15(19)20/h2-9,12H,10-11,17H2,1H3,(H,18,21)/t12-/m1/s1. The SMILES string of the molecule is C[C@@H](N)C(=O)NCc1ccc(Cn2ccccc2=O)cc1. The number of pyridine rings is 1. The Bertz CT molecular complexity index is 660. The summed E-state index contributed by atoms with van der Waals surface area (Å²) in [6, 6.07) is 12.4. The fourth-order valence-electron chi connectivity index (χ4n) is 1.90. The van der Waals surface area contributed by atoms with E-state index in [4.69, 9.17) is 5.73 Å². The Morgan fingerprint density at radius 1 is 1.19 bits per heavy atom. The van der Waals surface area contributed by atoms with Gasteiger partial charge in [-0.15, -0.1) is 0 Å². The Hall–Kier alpha value is -2.40. The molecule has 2 rings (SSSR count). The number of amides is 1. The molecule has 0 aliphatic rings. The zero-order chi connectivity index (χ0) is 15.2. The second-order valence-electron chi connectivity index (χ2n) is 4.99. The largest absolute Gasteiger partial charge is 0.351 e. The summed E-state index contributed by atoms with van der Waals surface area (Å²) >= 11 is 0. The summed E-state index contributed by atoms with van der Waals surface area (Å²) in [7, 11) is 0. The summed E-state index contributed by atoms with van der Waals surface area (Å²) < 4.78 is 1.65. The average molecular weight is 285 g/mol. The minimum absolute atomic E-state index is 0.0224. The molecule has 0 aliphatic carbocycles. The van der Waals surface area contributed by atoms with E-state index in [1.165, 1.54) is 6.07 Å². The van der Waals surface area contributed by atoms with Gasteiger partial charge >= 0.3 is 0 Å². The van der Waals surface area contributed by atoms with Crippen molar-refractivity contribution in [2.24, 2.45) is 5.73 Å². The van der Waals surface area contributed by atoms with E-state index in [1.54, 1.807) is 23.8 Å². The van der Waals surface area contributed by atoms with Crippen LogP contribution in [-0.2, 0) is 17.9 Å². The summed E-state index contributed by atoms with van der Waals surface area (Å²) in [5.74, 6) is -0.171. The minimum Gasteiger partial charge on any atom is -0.351 e. The van der Waals surface area contributed by atoms with Gasteiger partial charge in [-0.05, 0) is 24.1 Å². The lowest BCUT2D eigenvalue weighted by atomic mass is 10.1. The van der Waals surface area contributed by atoms with Crippen LogP contribution >= 0.6 is 0 Å². The van der Waals surface area contributed by atoms with Crippen LogP contribution in [0.2, 0.25) is 0 Å². The van der Waals surface area contributed by atoms with E-state index in [0.717, 1.165) is 11.1 Å². The number of aromatic nitrogens is 1. The number of nitrogens with one attached hydrogen (secondary N) is 1. The van der Waals surface area contributed by atoms with Crippen LogP contribution < -0.4 is 16.6 Å². The molecule has 0 spiro atoms. The lowest BCUT2D eigenvalue weighted by Crippen LogP contribution is -2.37. The number of nitrogens with zero attached hydrogens (tertiary/aromatic N) is 1. The number of hydrogen-bond donors (Lipinski definition) is 2. The molecule has 0 fully saturated rings. The highest BCUT2D eigenvalue weighted by Crippen LogP contribution is 2.05. The van der Waals surface area contributed by atoms with E-state index in [2.05, 4.69) is 5.32 Å². The molecule has 1 amide bonds. The van der Waals surface area contributed by atoms with Gasteiger partial charge in [-0.1, -0.05) is 30.3 Å². The van der Waals surface area contributed by atoms with Crippen LogP contribution in [0.1, 0.15) is 18.1 Å². The zero-order valence-electron chi connectivity index (χ0n) is 12.0. The number of carbonyl (C=O) groups is 1. The first-order valence-electron chi connectivity index (χ1n) is 6.83. The van der Waals surface area contributed by atoms with Crippen molar-refractivity contribution >= 4 is 5.91 Å². The number of rotatable bonds is 5. The van der Waals surface area contributed by atoms with Gasteiger partial charge < -0.3 is 15.6 Å². The summed E-state index contributed by atoms with van der Waals surface area (Å²) in [6.07, 6.45) is 1.76. The minimum atomic E-state index is -0.505. The Morgan fingerprint density at radius 3 is 2.48 bits per heavy atom. The molecule has 0 bridgehead atoms. The van der Waals surface area contributed by atoms with Crippen molar-refractivity contribution in [2.75, 3.05) is 0 Å². The smallest absolute Gasteiger partial charge is 0.250 e. The molecule has 1 aromatic carbocycles. The summed E-state index contributed by atoms with van der Waals surface area (Å²) in [5.41, 5.74) is 7.48. The third kappa shape index (κ3) is 4.29. The molecule has 5 heteroatoms. The molecule has 0 saturated heterocycles. The molecular weight excluding hydrogens is 266 g/mol. The topological polar surface area (TPSA) is 77.1 Å². The number of carbonyl (C=O) groups excluding carboxylic acids is 1. The van der Waals surface area contributed by atoms with E-state index in [-0.39, 0.29) is 11.5 Å². The van der Waals surface area contributed by atoms with Crippen molar-refractivity contribution < 1.29 is 4.79 Å². The van der Waals surface area contributed by atoms with Gasteiger partial charge in [0.05, 0.1) is 12.6 Å². The molecule has 0 aliphatic heterocycles. The lowest BCUT2D eigenvalue weighted by molar-refractivity contribution is -0.122. The Kier molecular flexibility index (Phi) is 4.90. The van der Waals surface area contributed by atoms with Crippen LogP contribution in [-0.4, -0.2) is 16.5 Å². The molecule has 0 saturated carbocycles. The van der Waals surface area contributed by atoms with Crippen LogP contribution in [0.3, 0.4) is 0 Å². The maximum absolute atomic E-state index is 11.6. The van der Waals surface area contributed by atoms with E-state index >= 15 is 0 Å². The molecule has 0 unspecified atom stereocenters. The van der Waals surface area contributed by atoms with Crippen LogP contribution in [0.5, 0.6) is 0 Å². The van der Waals surface area contributed by atoms with Gasteiger partial charge in [0.2, 0.25) is 5.91 Å². The van der Waals surface area contributed by atoms with Gasteiger partial charge in [0, 0.05) is 18.8 Å². The maximum atomic E-state index is 11.6. The molecule has 1 atom stereocenters. The van der Waals surface area contributed by atoms with Gasteiger partial charge in [-0.25, -0.2) is 0 Å².